The smallest absolute Gasteiger partial charge is 0.271 e. The van der Waals surface area contributed by atoms with Crippen molar-refractivity contribution >= 4 is 23.5 Å². The zero-order valence-corrected chi connectivity index (χ0v) is 15.1. The zero-order chi connectivity index (χ0) is 20.2. The number of nitro groups is 1. The van der Waals surface area contributed by atoms with Gasteiger partial charge in [0.15, 0.2) is 0 Å². The van der Waals surface area contributed by atoms with E-state index in [2.05, 4.69) is 15.5 Å². The van der Waals surface area contributed by atoms with Gasteiger partial charge in [0, 0.05) is 29.5 Å². The second-order valence-electron chi connectivity index (χ2n) is 6.15. The Labute approximate surface area is 165 Å². The molecule has 8 nitrogen and oxygen atoms in total. The van der Waals surface area contributed by atoms with Crippen molar-refractivity contribution in [3.63, 3.8) is 0 Å². The van der Waals surface area contributed by atoms with Crippen LogP contribution in [0.15, 0.2) is 84.1 Å². The van der Waals surface area contributed by atoms with Gasteiger partial charge in [0.25, 0.3) is 11.6 Å². The van der Waals surface area contributed by atoms with Crippen molar-refractivity contribution in [2.75, 3.05) is 0 Å². The SMILES string of the molecule is O=C(N/N=C/c1c(-c2ccccc2)nc2ccccn12)c1cccc([N+](=O)[O-])c1. The first kappa shape index (κ1) is 18.1. The Kier molecular flexibility index (Phi) is 4.81. The number of nitrogens with zero attached hydrogens (tertiary/aromatic N) is 4. The quantitative estimate of drug-likeness (QED) is 0.322. The predicted octanol–water partition coefficient (Wildman–Crippen LogP) is 3.67. The number of nitro benzene ring substituents is 1. The minimum Gasteiger partial charge on any atom is -0.298 e. The second-order valence-corrected chi connectivity index (χ2v) is 6.15. The van der Waals surface area contributed by atoms with Crippen molar-refractivity contribution in [1.82, 2.24) is 14.8 Å². The molecule has 4 aromatic rings. The fraction of sp³-hybridized carbons (Fsp3) is 0. The number of pyridine rings is 1. The Morgan fingerprint density at radius 3 is 2.66 bits per heavy atom. The summed E-state index contributed by atoms with van der Waals surface area (Å²) in [5.74, 6) is -0.542. The van der Waals surface area contributed by atoms with E-state index in [1.54, 1.807) is 0 Å². The summed E-state index contributed by atoms with van der Waals surface area (Å²) >= 11 is 0. The third-order valence-electron chi connectivity index (χ3n) is 4.29. The van der Waals surface area contributed by atoms with Crippen LogP contribution >= 0.6 is 0 Å². The topological polar surface area (TPSA) is 102 Å². The molecule has 142 valence electrons. The average molecular weight is 385 g/mol. The highest BCUT2D eigenvalue weighted by atomic mass is 16.6. The second kappa shape index (κ2) is 7.73. The molecule has 0 saturated heterocycles. The molecular weight excluding hydrogens is 370 g/mol. The molecule has 1 N–H and O–H groups in total. The molecule has 29 heavy (non-hydrogen) atoms. The molecule has 0 aliphatic rings. The fourth-order valence-corrected chi connectivity index (χ4v) is 2.92. The summed E-state index contributed by atoms with van der Waals surface area (Å²) in [6.45, 7) is 0. The maximum atomic E-state index is 12.3. The highest BCUT2D eigenvalue weighted by Crippen LogP contribution is 2.23. The van der Waals surface area contributed by atoms with E-state index >= 15 is 0 Å². The molecule has 0 radical (unpaired) electrons. The molecular formula is C21H15N5O3. The monoisotopic (exact) mass is 385 g/mol. The van der Waals surface area contributed by atoms with E-state index in [0.29, 0.717) is 5.69 Å². The van der Waals surface area contributed by atoms with Gasteiger partial charge >= 0.3 is 0 Å². The van der Waals surface area contributed by atoms with Gasteiger partial charge < -0.3 is 0 Å². The van der Waals surface area contributed by atoms with Crippen LogP contribution in [0.5, 0.6) is 0 Å². The molecule has 0 spiro atoms. The molecule has 0 aliphatic carbocycles. The number of aromatic nitrogens is 2. The molecule has 2 aromatic heterocycles. The van der Waals surface area contributed by atoms with Crippen LogP contribution in [0, 0.1) is 10.1 Å². The van der Waals surface area contributed by atoms with E-state index in [9.17, 15) is 14.9 Å². The molecule has 2 heterocycles. The minimum atomic E-state index is -0.551. The molecule has 4 rings (SSSR count). The first-order chi connectivity index (χ1) is 14.1. The predicted molar refractivity (Wildman–Crippen MR) is 109 cm³/mol. The van der Waals surface area contributed by atoms with E-state index in [1.165, 1.54) is 30.5 Å². The summed E-state index contributed by atoms with van der Waals surface area (Å²) in [7, 11) is 0. The molecule has 2 aromatic carbocycles. The third kappa shape index (κ3) is 3.72. The van der Waals surface area contributed by atoms with E-state index in [-0.39, 0.29) is 11.3 Å². The van der Waals surface area contributed by atoms with Gasteiger partial charge in [-0.3, -0.25) is 19.3 Å². The number of carbonyl (C=O) groups excluding carboxylic acids is 1. The third-order valence-corrected chi connectivity index (χ3v) is 4.29. The Hall–Kier alpha value is -4.33. The summed E-state index contributed by atoms with van der Waals surface area (Å²) in [5, 5.41) is 14.9. The van der Waals surface area contributed by atoms with Crippen LogP contribution < -0.4 is 5.43 Å². The van der Waals surface area contributed by atoms with Gasteiger partial charge in [-0.15, -0.1) is 0 Å². The number of hydrogen-bond donors (Lipinski definition) is 1. The standard InChI is InChI=1S/C21H15N5O3/c27-21(16-9-6-10-17(13-16)26(28)29)24-22-14-18-20(15-7-2-1-3-8-15)23-19-11-4-5-12-25(18)19/h1-14H,(H,24,27)/b22-14+. The highest BCUT2D eigenvalue weighted by molar-refractivity contribution is 5.96. The van der Waals surface area contributed by atoms with Gasteiger partial charge in [0.1, 0.15) is 5.65 Å². The number of rotatable bonds is 5. The number of carbonyl (C=O) groups is 1. The Morgan fingerprint density at radius 2 is 1.86 bits per heavy atom. The van der Waals surface area contributed by atoms with Crippen LogP contribution in [0.4, 0.5) is 5.69 Å². The summed E-state index contributed by atoms with van der Waals surface area (Å²) in [6.07, 6.45) is 3.37. The minimum absolute atomic E-state index is 0.151. The van der Waals surface area contributed by atoms with Gasteiger partial charge in [-0.2, -0.15) is 5.10 Å². The number of hydrogen-bond acceptors (Lipinski definition) is 5. The van der Waals surface area contributed by atoms with Gasteiger partial charge in [-0.25, -0.2) is 10.4 Å². The summed E-state index contributed by atoms with van der Waals surface area (Å²) < 4.78 is 1.87. The summed E-state index contributed by atoms with van der Waals surface area (Å²) in [6, 6.07) is 20.8. The van der Waals surface area contributed by atoms with Crippen LogP contribution in [0.25, 0.3) is 16.9 Å². The number of amides is 1. The first-order valence-corrected chi connectivity index (χ1v) is 8.74. The zero-order valence-electron chi connectivity index (χ0n) is 15.1. The van der Waals surface area contributed by atoms with Gasteiger partial charge in [-0.1, -0.05) is 42.5 Å². The number of hydrazone groups is 1. The molecule has 0 fully saturated rings. The Bertz CT molecular complexity index is 1230. The highest BCUT2D eigenvalue weighted by Gasteiger charge is 2.13. The Morgan fingerprint density at radius 1 is 1.07 bits per heavy atom. The van der Waals surface area contributed by atoms with Gasteiger partial charge in [-0.05, 0) is 18.2 Å². The maximum absolute atomic E-state index is 12.3. The lowest BCUT2D eigenvalue weighted by atomic mass is 10.1. The molecule has 8 heteroatoms. The van der Waals surface area contributed by atoms with Crippen molar-refractivity contribution in [1.29, 1.82) is 0 Å². The van der Waals surface area contributed by atoms with Crippen molar-refractivity contribution in [3.05, 3.63) is 100 Å². The van der Waals surface area contributed by atoms with Crippen LogP contribution in [-0.2, 0) is 0 Å². The van der Waals surface area contributed by atoms with Crippen LogP contribution in [0.1, 0.15) is 16.1 Å². The van der Waals surface area contributed by atoms with Crippen LogP contribution in [0.3, 0.4) is 0 Å². The number of imidazole rings is 1. The largest absolute Gasteiger partial charge is 0.298 e. The van der Waals surface area contributed by atoms with Crippen molar-refractivity contribution in [2.45, 2.75) is 0 Å². The van der Waals surface area contributed by atoms with Crippen LogP contribution in [0.2, 0.25) is 0 Å². The number of benzene rings is 2. The van der Waals surface area contributed by atoms with Gasteiger partial charge in [0.05, 0.1) is 22.5 Å². The summed E-state index contributed by atoms with van der Waals surface area (Å²) in [4.78, 5) is 27.3. The first-order valence-electron chi connectivity index (χ1n) is 8.74. The van der Waals surface area contributed by atoms with E-state index in [1.807, 2.05) is 59.1 Å². The lowest BCUT2D eigenvalue weighted by Crippen LogP contribution is -2.17. The average Bonchev–Trinajstić information content (AvgIpc) is 3.13. The van der Waals surface area contributed by atoms with Crippen molar-refractivity contribution in [3.8, 4) is 11.3 Å². The molecule has 0 bridgehead atoms. The lowest BCUT2D eigenvalue weighted by Gasteiger charge is -2.02. The number of nitrogens with one attached hydrogen (secondary N) is 1. The van der Waals surface area contributed by atoms with Crippen LogP contribution in [-0.4, -0.2) is 26.4 Å². The number of non-ortho nitro benzene ring substituents is 1. The number of fused-ring (bicyclic) bond motifs is 1. The van der Waals surface area contributed by atoms with E-state index < -0.39 is 10.8 Å². The molecule has 1 amide bonds. The summed E-state index contributed by atoms with van der Waals surface area (Å²) in [5.41, 5.74) is 5.50. The van der Waals surface area contributed by atoms with Gasteiger partial charge in [0.2, 0.25) is 0 Å². The molecule has 0 aliphatic heterocycles. The maximum Gasteiger partial charge on any atom is 0.271 e. The Balaban J connectivity index is 1.64. The molecule has 0 atom stereocenters. The fourth-order valence-electron chi connectivity index (χ4n) is 2.92. The lowest BCUT2D eigenvalue weighted by molar-refractivity contribution is -0.384. The van der Waals surface area contributed by atoms with E-state index in [0.717, 1.165) is 16.9 Å². The normalized spacial score (nSPS) is 11.0. The molecule has 0 saturated carbocycles. The van der Waals surface area contributed by atoms with Crippen molar-refractivity contribution < 1.29 is 9.72 Å². The van der Waals surface area contributed by atoms with E-state index in [4.69, 9.17) is 0 Å². The molecule has 0 unspecified atom stereocenters. The van der Waals surface area contributed by atoms with Crippen molar-refractivity contribution in [2.24, 2.45) is 5.10 Å².